The fourth-order valence-corrected chi connectivity index (χ4v) is 2.22. The van der Waals surface area contributed by atoms with Crippen molar-refractivity contribution in [2.75, 3.05) is 0 Å². The van der Waals surface area contributed by atoms with Gasteiger partial charge in [-0.05, 0) is 35.2 Å². The molecule has 3 N–H and O–H groups in total. The fourth-order valence-electron chi connectivity index (χ4n) is 2.22. The van der Waals surface area contributed by atoms with E-state index in [-0.39, 0.29) is 24.7 Å². The van der Waals surface area contributed by atoms with Crippen LogP contribution in [0.25, 0.3) is 0 Å². The molecule has 110 valence electrons. The number of aryl methyl sites for hydroxylation is 1. The first-order chi connectivity index (χ1) is 10.1. The van der Waals surface area contributed by atoms with E-state index in [4.69, 9.17) is 5.11 Å². The molecule has 0 aliphatic rings. The minimum atomic E-state index is -0.135. The smallest absolute Gasteiger partial charge is 0.163 e. The monoisotopic (exact) mass is 286 g/mol. The summed E-state index contributed by atoms with van der Waals surface area (Å²) < 4.78 is 0. The molecule has 2 aromatic carbocycles. The lowest BCUT2D eigenvalue weighted by Gasteiger charge is -2.08. The van der Waals surface area contributed by atoms with Crippen LogP contribution in [0.15, 0.2) is 42.5 Å². The number of hydrogen-bond donors (Lipinski definition) is 3. The van der Waals surface area contributed by atoms with E-state index in [9.17, 15) is 15.0 Å². The molecule has 0 fully saturated rings. The average molecular weight is 286 g/mol. The third-order valence-corrected chi connectivity index (χ3v) is 3.42. The van der Waals surface area contributed by atoms with Crippen LogP contribution >= 0.6 is 0 Å². The van der Waals surface area contributed by atoms with Crippen LogP contribution in [-0.2, 0) is 19.6 Å². The zero-order valence-electron chi connectivity index (χ0n) is 11.6. The van der Waals surface area contributed by atoms with Gasteiger partial charge in [0.1, 0.15) is 5.75 Å². The summed E-state index contributed by atoms with van der Waals surface area (Å²) in [7, 11) is 0. The third-order valence-electron chi connectivity index (χ3n) is 3.42. The topological polar surface area (TPSA) is 77.8 Å². The van der Waals surface area contributed by atoms with Crippen LogP contribution in [0.5, 0.6) is 5.75 Å². The summed E-state index contributed by atoms with van der Waals surface area (Å²) in [5.41, 5.74) is 2.80. The minimum absolute atomic E-state index is 0.0392. The summed E-state index contributed by atoms with van der Waals surface area (Å²) in [6, 6.07) is 11.7. The predicted molar refractivity (Wildman–Crippen MR) is 79.0 cm³/mol. The predicted octanol–water partition coefficient (Wildman–Crippen LogP) is 2.19. The zero-order valence-corrected chi connectivity index (χ0v) is 11.6. The Balaban J connectivity index is 2.04. The number of benzene rings is 2. The molecule has 0 aromatic heterocycles. The summed E-state index contributed by atoms with van der Waals surface area (Å²) in [4.78, 5) is 12.0. The third kappa shape index (κ3) is 3.90. The van der Waals surface area contributed by atoms with Gasteiger partial charge < -0.3 is 15.3 Å². The van der Waals surface area contributed by atoms with E-state index < -0.39 is 0 Å². The number of aliphatic hydroxyl groups excluding tert-OH is 2. The Morgan fingerprint density at radius 1 is 0.952 bits per heavy atom. The molecule has 4 heteroatoms. The molecule has 0 unspecified atom stereocenters. The Hall–Kier alpha value is -2.17. The number of phenolic OH excluding ortho intramolecular Hbond substituents is 1. The quantitative estimate of drug-likeness (QED) is 0.711. The van der Waals surface area contributed by atoms with Crippen LogP contribution in [0.4, 0.5) is 0 Å². The Labute approximate surface area is 123 Å². The van der Waals surface area contributed by atoms with Crippen LogP contribution in [0.2, 0.25) is 0 Å². The molecule has 0 saturated carbocycles. The molecule has 4 nitrogen and oxygen atoms in total. The number of carbonyl (C=O) groups excluding carboxylic acids is 1. The molecule has 0 bridgehead atoms. The first kappa shape index (κ1) is 15.2. The van der Waals surface area contributed by atoms with Crippen molar-refractivity contribution in [2.45, 2.75) is 26.1 Å². The minimum Gasteiger partial charge on any atom is -0.508 e. The van der Waals surface area contributed by atoms with Gasteiger partial charge in [0.2, 0.25) is 0 Å². The van der Waals surface area contributed by atoms with Crippen molar-refractivity contribution >= 4 is 5.78 Å². The molecular formula is C17H18O4. The van der Waals surface area contributed by atoms with Crippen LogP contribution in [0, 0.1) is 0 Å². The molecule has 0 amide bonds. The molecule has 2 rings (SSSR count). The van der Waals surface area contributed by atoms with Gasteiger partial charge in [-0.25, -0.2) is 0 Å². The largest absolute Gasteiger partial charge is 0.508 e. The lowest BCUT2D eigenvalue weighted by molar-refractivity contribution is 0.0982. The summed E-state index contributed by atoms with van der Waals surface area (Å²) >= 11 is 0. The molecule has 21 heavy (non-hydrogen) atoms. The number of rotatable bonds is 6. The van der Waals surface area contributed by atoms with E-state index in [0.29, 0.717) is 29.5 Å². The molecule has 0 spiro atoms. The van der Waals surface area contributed by atoms with Crippen molar-refractivity contribution in [1.29, 1.82) is 0 Å². The van der Waals surface area contributed by atoms with E-state index in [2.05, 4.69) is 0 Å². The highest BCUT2D eigenvalue weighted by molar-refractivity contribution is 5.96. The van der Waals surface area contributed by atoms with Crippen molar-refractivity contribution < 1.29 is 20.1 Å². The van der Waals surface area contributed by atoms with Gasteiger partial charge in [0.25, 0.3) is 0 Å². The van der Waals surface area contributed by atoms with Gasteiger partial charge in [0.05, 0.1) is 13.2 Å². The number of Topliss-reactive ketones (excluding diaryl/α,β-unsaturated/α-hetero) is 1. The molecule has 0 atom stereocenters. The van der Waals surface area contributed by atoms with Crippen molar-refractivity contribution in [3.8, 4) is 5.75 Å². The summed E-state index contributed by atoms with van der Waals surface area (Å²) in [6.45, 7) is -0.247. The molecular weight excluding hydrogens is 268 g/mol. The van der Waals surface area contributed by atoms with E-state index in [1.54, 1.807) is 24.3 Å². The maximum Gasteiger partial charge on any atom is 0.163 e. The van der Waals surface area contributed by atoms with Crippen molar-refractivity contribution in [2.24, 2.45) is 0 Å². The van der Waals surface area contributed by atoms with E-state index in [1.165, 1.54) is 12.1 Å². The van der Waals surface area contributed by atoms with Gasteiger partial charge in [-0.2, -0.15) is 0 Å². The Kier molecular flexibility index (Phi) is 5.09. The van der Waals surface area contributed by atoms with Crippen molar-refractivity contribution in [3.63, 3.8) is 0 Å². The van der Waals surface area contributed by atoms with Crippen molar-refractivity contribution in [1.82, 2.24) is 0 Å². The molecule has 0 heterocycles. The van der Waals surface area contributed by atoms with E-state index in [1.807, 2.05) is 6.07 Å². The maximum absolute atomic E-state index is 12.0. The molecule has 0 saturated heterocycles. The second-order valence-corrected chi connectivity index (χ2v) is 4.89. The summed E-state index contributed by atoms with van der Waals surface area (Å²) in [6.07, 6.45) is 0.875. The fraction of sp³-hybridized carbons (Fsp3) is 0.235. The van der Waals surface area contributed by atoms with Gasteiger partial charge >= 0.3 is 0 Å². The number of aromatic hydroxyl groups is 1. The first-order valence-corrected chi connectivity index (χ1v) is 6.78. The summed E-state index contributed by atoms with van der Waals surface area (Å²) in [5, 5.41) is 27.8. The highest BCUT2D eigenvalue weighted by atomic mass is 16.3. The van der Waals surface area contributed by atoms with Gasteiger partial charge in [-0.3, -0.25) is 4.79 Å². The van der Waals surface area contributed by atoms with E-state index >= 15 is 0 Å². The standard InChI is InChI=1S/C17H18O4/c18-10-14-6-4-12(8-15(14)11-19)5-7-17(21)13-2-1-3-16(20)9-13/h1-4,6,8-9,18-20H,5,7,10-11H2. The Morgan fingerprint density at radius 3 is 2.38 bits per heavy atom. The molecule has 0 radical (unpaired) electrons. The highest BCUT2D eigenvalue weighted by Gasteiger charge is 2.08. The molecule has 0 aliphatic carbocycles. The van der Waals surface area contributed by atoms with Crippen molar-refractivity contribution in [3.05, 3.63) is 64.7 Å². The second-order valence-electron chi connectivity index (χ2n) is 4.89. The lowest BCUT2D eigenvalue weighted by atomic mass is 9.99. The van der Waals surface area contributed by atoms with E-state index in [0.717, 1.165) is 5.56 Å². The summed E-state index contributed by atoms with van der Waals surface area (Å²) in [5.74, 6) is 0.0402. The van der Waals surface area contributed by atoms with Gasteiger partial charge in [-0.1, -0.05) is 30.3 Å². The number of hydrogen-bond acceptors (Lipinski definition) is 4. The SMILES string of the molecule is O=C(CCc1ccc(CO)c(CO)c1)c1cccc(O)c1. The number of phenols is 1. The second kappa shape index (κ2) is 7.02. The van der Waals surface area contributed by atoms with Crippen LogP contribution in [0.3, 0.4) is 0 Å². The van der Waals surface area contributed by atoms with Crippen LogP contribution in [-0.4, -0.2) is 21.1 Å². The average Bonchev–Trinajstić information content (AvgIpc) is 2.52. The molecule has 2 aromatic rings. The first-order valence-electron chi connectivity index (χ1n) is 6.78. The molecule has 0 aliphatic heterocycles. The van der Waals surface area contributed by atoms with Gasteiger partial charge in [0.15, 0.2) is 5.78 Å². The van der Waals surface area contributed by atoms with Gasteiger partial charge in [0, 0.05) is 12.0 Å². The lowest BCUT2D eigenvalue weighted by Crippen LogP contribution is -2.02. The normalized spacial score (nSPS) is 10.6. The number of ketones is 1. The zero-order chi connectivity index (χ0) is 15.2. The van der Waals surface area contributed by atoms with Crippen LogP contribution in [0.1, 0.15) is 33.5 Å². The Morgan fingerprint density at radius 2 is 1.71 bits per heavy atom. The maximum atomic E-state index is 12.0. The van der Waals surface area contributed by atoms with Gasteiger partial charge in [-0.15, -0.1) is 0 Å². The highest BCUT2D eigenvalue weighted by Crippen LogP contribution is 2.17. The number of aliphatic hydroxyl groups is 2. The Bertz CT molecular complexity index is 634. The van der Waals surface area contributed by atoms with Crippen LogP contribution < -0.4 is 0 Å². The number of carbonyl (C=O) groups is 1.